The summed E-state index contributed by atoms with van der Waals surface area (Å²) < 4.78 is 50.5. The van der Waals surface area contributed by atoms with Gasteiger partial charge in [0.15, 0.2) is 0 Å². The number of hydrogen-bond donors (Lipinski definition) is 0. The number of ether oxygens (including phenoxy) is 2. The third kappa shape index (κ3) is 3.97. The quantitative estimate of drug-likeness (QED) is 0.608. The molecule has 0 fully saturated rings. The van der Waals surface area contributed by atoms with E-state index in [2.05, 4.69) is 20.7 Å². The first-order chi connectivity index (χ1) is 11.3. The van der Waals surface area contributed by atoms with Gasteiger partial charge in [0.2, 0.25) is 0 Å². The summed E-state index contributed by atoms with van der Waals surface area (Å²) in [6, 6.07) is 3.31. The second kappa shape index (κ2) is 6.36. The first-order valence-corrected chi connectivity index (χ1v) is 7.88. The molecule has 1 heterocycles. The fourth-order valence-corrected chi connectivity index (χ4v) is 2.78. The van der Waals surface area contributed by atoms with Gasteiger partial charge in [0.1, 0.15) is 11.3 Å². The predicted octanol–water partition coefficient (Wildman–Crippen LogP) is 4.99. The van der Waals surface area contributed by atoms with Crippen molar-refractivity contribution in [3.8, 4) is 0 Å². The van der Waals surface area contributed by atoms with Gasteiger partial charge in [0.25, 0.3) is 0 Å². The van der Waals surface area contributed by atoms with E-state index >= 15 is 0 Å². The molecule has 2 rings (SSSR count). The lowest BCUT2D eigenvalue weighted by atomic mass is 10.1. The fraction of sp³-hybridized carbons (Fsp3) is 0.375. The van der Waals surface area contributed by atoms with E-state index in [0.717, 1.165) is 19.2 Å². The van der Waals surface area contributed by atoms with Crippen LogP contribution in [0.15, 0.2) is 22.7 Å². The second-order valence-corrected chi connectivity index (χ2v) is 7.08. The van der Waals surface area contributed by atoms with Gasteiger partial charge in [-0.05, 0) is 39.0 Å². The summed E-state index contributed by atoms with van der Waals surface area (Å²) in [5, 5.41) is 0.117. The summed E-state index contributed by atoms with van der Waals surface area (Å²) in [4.78, 5) is 24.1. The summed E-state index contributed by atoms with van der Waals surface area (Å²) in [5.41, 5.74) is -2.30. The molecule has 0 saturated carbocycles. The maximum Gasteiger partial charge on any atom is 0.432 e. The van der Waals surface area contributed by atoms with Crippen molar-refractivity contribution in [3.63, 3.8) is 0 Å². The normalized spacial score (nSPS) is 12.3. The first-order valence-electron chi connectivity index (χ1n) is 7.09. The summed E-state index contributed by atoms with van der Waals surface area (Å²) in [6.07, 6.45) is -5.98. The number of alkyl halides is 3. The SMILES string of the molecule is COC(=O)c1cc(Br)c2cc(C(F)(F)F)n(C(=O)OC(C)(C)C)c2c1. The zero-order chi connectivity index (χ0) is 19.2. The Morgan fingerprint density at radius 3 is 2.20 bits per heavy atom. The Bertz CT molecular complexity index is 850. The van der Waals surface area contributed by atoms with Crippen molar-refractivity contribution in [2.45, 2.75) is 32.5 Å². The molecule has 0 aliphatic rings. The predicted molar refractivity (Wildman–Crippen MR) is 87.6 cm³/mol. The zero-order valence-corrected chi connectivity index (χ0v) is 15.4. The van der Waals surface area contributed by atoms with Crippen molar-refractivity contribution in [1.29, 1.82) is 0 Å². The van der Waals surface area contributed by atoms with Crippen molar-refractivity contribution < 1.29 is 32.2 Å². The van der Waals surface area contributed by atoms with Crippen LogP contribution in [0.2, 0.25) is 0 Å². The van der Waals surface area contributed by atoms with Gasteiger partial charge in [-0.2, -0.15) is 13.2 Å². The van der Waals surface area contributed by atoms with Gasteiger partial charge in [0, 0.05) is 9.86 Å². The summed E-state index contributed by atoms with van der Waals surface area (Å²) in [5.74, 6) is -0.743. The lowest BCUT2D eigenvalue weighted by Gasteiger charge is -2.21. The molecule has 136 valence electrons. The van der Waals surface area contributed by atoms with Crippen molar-refractivity contribution >= 4 is 38.9 Å². The monoisotopic (exact) mass is 421 g/mol. The molecular formula is C16H15BrF3NO4. The van der Waals surface area contributed by atoms with E-state index < -0.39 is 29.5 Å². The van der Waals surface area contributed by atoms with Crippen LogP contribution in [0, 0.1) is 0 Å². The number of rotatable bonds is 1. The topological polar surface area (TPSA) is 57.5 Å². The van der Waals surface area contributed by atoms with Crippen LogP contribution in [0.3, 0.4) is 0 Å². The molecule has 1 aromatic heterocycles. The van der Waals surface area contributed by atoms with Crippen LogP contribution in [-0.4, -0.2) is 29.3 Å². The maximum absolute atomic E-state index is 13.4. The lowest BCUT2D eigenvalue weighted by Crippen LogP contribution is -2.29. The van der Waals surface area contributed by atoms with Crippen molar-refractivity contribution in [2.75, 3.05) is 7.11 Å². The number of carbonyl (C=O) groups excluding carboxylic acids is 2. The number of nitrogens with zero attached hydrogens (tertiary/aromatic N) is 1. The van der Waals surface area contributed by atoms with Crippen LogP contribution in [0.25, 0.3) is 10.9 Å². The van der Waals surface area contributed by atoms with Gasteiger partial charge in [0.05, 0.1) is 18.2 Å². The molecule has 25 heavy (non-hydrogen) atoms. The van der Waals surface area contributed by atoms with Gasteiger partial charge in [-0.1, -0.05) is 15.9 Å². The highest BCUT2D eigenvalue weighted by Crippen LogP contribution is 2.37. The third-order valence-electron chi connectivity index (χ3n) is 3.16. The molecule has 0 amide bonds. The van der Waals surface area contributed by atoms with Crippen LogP contribution < -0.4 is 0 Å². The van der Waals surface area contributed by atoms with Gasteiger partial charge in [-0.15, -0.1) is 0 Å². The van der Waals surface area contributed by atoms with E-state index in [1.165, 1.54) is 6.07 Å². The molecule has 0 aliphatic heterocycles. The highest BCUT2D eigenvalue weighted by molar-refractivity contribution is 9.10. The highest BCUT2D eigenvalue weighted by Gasteiger charge is 2.39. The van der Waals surface area contributed by atoms with Crippen molar-refractivity contribution in [2.24, 2.45) is 0 Å². The Labute approximate surface area is 149 Å². The average Bonchev–Trinajstić information content (AvgIpc) is 2.84. The molecule has 1 aromatic carbocycles. The van der Waals surface area contributed by atoms with Crippen molar-refractivity contribution in [1.82, 2.24) is 4.57 Å². The minimum Gasteiger partial charge on any atom is -0.465 e. The Balaban J connectivity index is 2.80. The Kier molecular flexibility index (Phi) is 4.91. The molecule has 0 radical (unpaired) electrons. The first kappa shape index (κ1) is 19.3. The van der Waals surface area contributed by atoms with Crippen LogP contribution in [0.1, 0.15) is 36.8 Å². The number of esters is 1. The molecule has 5 nitrogen and oxygen atoms in total. The number of hydrogen-bond acceptors (Lipinski definition) is 4. The Morgan fingerprint density at radius 1 is 1.12 bits per heavy atom. The number of aromatic nitrogens is 1. The molecule has 0 bridgehead atoms. The molecule has 0 unspecified atom stereocenters. The van der Waals surface area contributed by atoms with E-state index in [4.69, 9.17) is 4.74 Å². The smallest absolute Gasteiger partial charge is 0.432 e. The minimum atomic E-state index is -4.79. The summed E-state index contributed by atoms with van der Waals surface area (Å²) in [7, 11) is 1.15. The van der Waals surface area contributed by atoms with Crippen LogP contribution in [0.4, 0.5) is 18.0 Å². The number of halogens is 4. The minimum absolute atomic E-state index is 0.00138. The van der Waals surface area contributed by atoms with Gasteiger partial charge in [-0.3, -0.25) is 0 Å². The molecular weight excluding hydrogens is 407 g/mol. The molecule has 0 atom stereocenters. The molecule has 0 N–H and O–H groups in total. The number of fused-ring (bicyclic) bond motifs is 1. The van der Waals surface area contributed by atoms with E-state index in [0.29, 0.717) is 4.57 Å². The van der Waals surface area contributed by atoms with Gasteiger partial charge < -0.3 is 9.47 Å². The molecule has 9 heteroatoms. The Hall–Kier alpha value is -2.03. The fourth-order valence-electron chi connectivity index (χ4n) is 2.21. The Morgan fingerprint density at radius 2 is 1.72 bits per heavy atom. The van der Waals surface area contributed by atoms with Gasteiger partial charge in [-0.25, -0.2) is 14.2 Å². The van der Waals surface area contributed by atoms with E-state index in [1.54, 1.807) is 20.8 Å². The standard InChI is InChI=1S/C16H15BrF3NO4/c1-15(2,3)25-14(23)21-11-6-8(13(22)24-4)5-10(17)9(11)7-12(21)16(18,19)20/h5-7H,1-4H3. The molecule has 0 saturated heterocycles. The molecule has 2 aromatic rings. The number of methoxy groups -OCH3 is 1. The maximum atomic E-state index is 13.4. The van der Waals surface area contributed by atoms with Gasteiger partial charge >= 0.3 is 18.2 Å². The average molecular weight is 422 g/mol. The summed E-state index contributed by atoms with van der Waals surface area (Å²) in [6.45, 7) is 4.62. The largest absolute Gasteiger partial charge is 0.465 e. The van der Waals surface area contributed by atoms with E-state index in [1.807, 2.05) is 0 Å². The van der Waals surface area contributed by atoms with E-state index in [9.17, 15) is 22.8 Å². The van der Waals surface area contributed by atoms with Crippen LogP contribution >= 0.6 is 15.9 Å². The molecule has 0 aliphatic carbocycles. The highest BCUT2D eigenvalue weighted by atomic mass is 79.9. The number of carbonyl (C=O) groups is 2. The third-order valence-corrected chi connectivity index (χ3v) is 3.81. The lowest BCUT2D eigenvalue weighted by molar-refractivity contribution is -0.142. The van der Waals surface area contributed by atoms with Crippen molar-refractivity contribution in [3.05, 3.63) is 33.9 Å². The van der Waals surface area contributed by atoms with E-state index in [-0.39, 0.29) is 20.9 Å². The summed E-state index contributed by atoms with van der Waals surface area (Å²) >= 11 is 3.13. The molecule has 0 spiro atoms. The second-order valence-electron chi connectivity index (χ2n) is 6.23. The van der Waals surface area contributed by atoms with Crippen LogP contribution in [-0.2, 0) is 15.7 Å². The van der Waals surface area contributed by atoms with Crippen LogP contribution in [0.5, 0.6) is 0 Å². The zero-order valence-electron chi connectivity index (χ0n) is 13.8. The number of benzene rings is 1.